The summed E-state index contributed by atoms with van der Waals surface area (Å²) in [6.45, 7) is 5.52. The molecule has 1 aliphatic heterocycles. The number of piperidine rings is 1. The van der Waals surface area contributed by atoms with E-state index in [9.17, 15) is 4.79 Å². The highest BCUT2D eigenvalue weighted by Crippen LogP contribution is 2.20. The fourth-order valence-electron chi connectivity index (χ4n) is 2.70. The first-order valence-corrected chi connectivity index (χ1v) is 7.67. The zero-order chi connectivity index (χ0) is 15.1. The van der Waals surface area contributed by atoms with Crippen molar-refractivity contribution in [2.45, 2.75) is 32.7 Å². The van der Waals surface area contributed by atoms with Crippen LogP contribution in [-0.4, -0.2) is 30.5 Å². The lowest BCUT2D eigenvalue weighted by atomic mass is 9.97. The molecule has 1 heterocycles. The Labute approximate surface area is 126 Å². The maximum Gasteiger partial charge on any atom is 0.238 e. The quantitative estimate of drug-likeness (QED) is 0.475. The Morgan fingerprint density at radius 1 is 1.43 bits per heavy atom. The molecular formula is C16H25N3O2. The second-order valence-corrected chi connectivity index (χ2v) is 5.58. The molecule has 0 saturated carbocycles. The van der Waals surface area contributed by atoms with Crippen molar-refractivity contribution in [1.82, 2.24) is 10.3 Å². The van der Waals surface area contributed by atoms with Crippen molar-refractivity contribution in [2.75, 3.05) is 19.7 Å². The number of nitrogens with zero attached hydrogens (tertiary/aromatic N) is 1. The van der Waals surface area contributed by atoms with Crippen LogP contribution in [0.1, 0.15) is 31.7 Å². The molecule has 0 aromatic heterocycles. The van der Waals surface area contributed by atoms with Crippen LogP contribution in [0.5, 0.6) is 5.75 Å². The van der Waals surface area contributed by atoms with Gasteiger partial charge < -0.3 is 4.74 Å². The van der Waals surface area contributed by atoms with Crippen molar-refractivity contribution in [3.8, 4) is 5.75 Å². The predicted molar refractivity (Wildman–Crippen MR) is 82.6 cm³/mol. The number of likely N-dealkylation sites (tertiary alicyclic amines) is 1. The maximum atomic E-state index is 11.6. The maximum absolute atomic E-state index is 11.6. The summed E-state index contributed by atoms with van der Waals surface area (Å²) in [5.41, 5.74) is 3.51. The molecule has 1 fully saturated rings. The van der Waals surface area contributed by atoms with Crippen molar-refractivity contribution >= 4 is 5.91 Å². The monoisotopic (exact) mass is 291 g/mol. The average molecular weight is 291 g/mol. The van der Waals surface area contributed by atoms with Crippen LogP contribution in [0.15, 0.2) is 24.3 Å². The Hall–Kier alpha value is -1.59. The van der Waals surface area contributed by atoms with Gasteiger partial charge in [-0.2, -0.15) is 0 Å². The molecule has 0 aliphatic carbocycles. The van der Waals surface area contributed by atoms with Crippen LogP contribution in [0.2, 0.25) is 0 Å². The highest BCUT2D eigenvalue weighted by atomic mass is 16.5. The van der Waals surface area contributed by atoms with Crippen molar-refractivity contribution in [3.05, 3.63) is 29.8 Å². The first kappa shape index (κ1) is 15.8. The molecular weight excluding hydrogens is 266 g/mol. The third-order valence-corrected chi connectivity index (χ3v) is 3.82. The van der Waals surface area contributed by atoms with Crippen LogP contribution in [-0.2, 0) is 11.3 Å². The third kappa shape index (κ3) is 4.72. The first-order valence-electron chi connectivity index (χ1n) is 7.67. The van der Waals surface area contributed by atoms with E-state index in [1.165, 1.54) is 5.56 Å². The molecule has 0 bridgehead atoms. The van der Waals surface area contributed by atoms with Gasteiger partial charge in [0, 0.05) is 13.1 Å². The smallest absolute Gasteiger partial charge is 0.238 e. The molecule has 2 rings (SSSR count). The molecule has 1 unspecified atom stereocenters. The third-order valence-electron chi connectivity index (χ3n) is 3.82. The number of hydrazine groups is 1. The van der Waals surface area contributed by atoms with Gasteiger partial charge in [-0.15, -0.1) is 0 Å². The van der Waals surface area contributed by atoms with E-state index in [-0.39, 0.29) is 11.8 Å². The van der Waals surface area contributed by atoms with Crippen molar-refractivity contribution < 1.29 is 9.53 Å². The van der Waals surface area contributed by atoms with Gasteiger partial charge in [-0.05, 0) is 43.5 Å². The molecule has 1 atom stereocenters. The van der Waals surface area contributed by atoms with E-state index < -0.39 is 0 Å². The zero-order valence-electron chi connectivity index (χ0n) is 12.7. The standard InChI is InChI=1S/C16H25N3O2/c1-2-10-21-15-7-5-13(6-8-15)11-19-9-3-4-14(12-19)16(20)18-17/h5-8,14H,2-4,9-12,17H2,1H3,(H,18,20). The van der Waals surface area contributed by atoms with E-state index in [1.807, 2.05) is 12.1 Å². The number of nitrogens with two attached hydrogens (primary N) is 1. The predicted octanol–water partition coefficient (Wildman–Crippen LogP) is 1.68. The van der Waals surface area contributed by atoms with Gasteiger partial charge in [0.25, 0.3) is 0 Å². The summed E-state index contributed by atoms with van der Waals surface area (Å²) in [5.74, 6) is 6.10. The summed E-state index contributed by atoms with van der Waals surface area (Å²) >= 11 is 0. The summed E-state index contributed by atoms with van der Waals surface area (Å²) < 4.78 is 5.58. The molecule has 1 aromatic rings. The van der Waals surface area contributed by atoms with E-state index >= 15 is 0 Å². The van der Waals surface area contributed by atoms with Gasteiger partial charge in [0.1, 0.15) is 5.75 Å². The molecule has 1 amide bonds. The number of carbonyl (C=O) groups is 1. The largest absolute Gasteiger partial charge is 0.494 e. The molecule has 0 radical (unpaired) electrons. The number of carbonyl (C=O) groups excluding carboxylic acids is 1. The number of benzene rings is 1. The molecule has 3 N–H and O–H groups in total. The summed E-state index contributed by atoms with van der Waals surface area (Å²) in [4.78, 5) is 13.9. The fraction of sp³-hybridized carbons (Fsp3) is 0.562. The first-order chi connectivity index (χ1) is 10.2. The lowest BCUT2D eigenvalue weighted by molar-refractivity contribution is -0.126. The number of ether oxygens (including phenoxy) is 1. The summed E-state index contributed by atoms with van der Waals surface area (Å²) in [7, 11) is 0. The SMILES string of the molecule is CCCOc1ccc(CN2CCCC(C(=O)NN)C2)cc1. The minimum Gasteiger partial charge on any atom is -0.494 e. The summed E-state index contributed by atoms with van der Waals surface area (Å²) in [6.07, 6.45) is 2.97. The van der Waals surface area contributed by atoms with Crippen LogP contribution in [0.25, 0.3) is 0 Å². The number of rotatable bonds is 6. The van der Waals surface area contributed by atoms with Gasteiger partial charge in [-0.3, -0.25) is 15.1 Å². The van der Waals surface area contributed by atoms with Gasteiger partial charge >= 0.3 is 0 Å². The van der Waals surface area contributed by atoms with E-state index in [2.05, 4.69) is 29.4 Å². The molecule has 1 aromatic carbocycles. The number of hydrogen-bond donors (Lipinski definition) is 2. The number of nitrogens with one attached hydrogen (secondary N) is 1. The van der Waals surface area contributed by atoms with Crippen LogP contribution < -0.4 is 16.0 Å². The lowest BCUT2D eigenvalue weighted by Gasteiger charge is -2.31. The van der Waals surface area contributed by atoms with Crippen LogP contribution in [0, 0.1) is 5.92 Å². The van der Waals surface area contributed by atoms with Gasteiger partial charge in [-0.1, -0.05) is 19.1 Å². The second-order valence-electron chi connectivity index (χ2n) is 5.58. The fourth-order valence-corrected chi connectivity index (χ4v) is 2.70. The van der Waals surface area contributed by atoms with Crippen molar-refractivity contribution in [2.24, 2.45) is 11.8 Å². The molecule has 116 valence electrons. The van der Waals surface area contributed by atoms with Gasteiger partial charge in [0.05, 0.1) is 12.5 Å². The number of hydrogen-bond acceptors (Lipinski definition) is 4. The summed E-state index contributed by atoms with van der Waals surface area (Å²) in [6, 6.07) is 8.22. The minimum atomic E-state index is -0.0528. The van der Waals surface area contributed by atoms with Crippen molar-refractivity contribution in [3.63, 3.8) is 0 Å². The van der Waals surface area contributed by atoms with Crippen LogP contribution >= 0.6 is 0 Å². The van der Waals surface area contributed by atoms with E-state index in [1.54, 1.807) is 0 Å². The average Bonchev–Trinajstić information content (AvgIpc) is 2.53. The Kier molecular flexibility index (Phi) is 6.02. The molecule has 1 aliphatic rings. The summed E-state index contributed by atoms with van der Waals surface area (Å²) in [5, 5.41) is 0. The molecule has 5 heteroatoms. The highest BCUT2D eigenvalue weighted by Gasteiger charge is 2.25. The topological polar surface area (TPSA) is 67.6 Å². The Bertz CT molecular complexity index is 447. The molecule has 21 heavy (non-hydrogen) atoms. The van der Waals surface area contributed by atoms with Crippen molar-refractivity contribution in [1.29, 1.82) is 0 Å². The Morgan fingerprint density at radius 2 is 2.19 bits per heavy atom. The lowest BCUT2D eigenvalue weighted by Crippen LogP contribution is -2.44. The normalized spacial score (nSPS) is 19.2. The molecule has 1 saturated heterocycles. The van der Waals surface area contributed by atoms with E-state index in [0.717, 1.165) is 51.3 Å². The number of amides is 1. The van der Waals surface area contributed by atoms with E-state index in [4.69, 9.17) is 10.6 Å². The minimum absolute atomic E-state index is 0.0101. The second kappa shape index (κ2) is 8.00. The van der Waals surface area contributed by atoms with Crippen LogP contribution in [0.3, 0.4) is 0 Å². The van der Waals surface area contributed by atoms with Gasteiger partial charge in [0.2, 0.25) is 5.91 Å². The highest BCUT2D eigenvalue weighted by molar-refractivity contribution is 5.78. The Morgan fingerprint density at radius 3 is 2.86 bits per heavy atom. The van der Waals surface area contributed by atoms with Gasteiger partial charge in [0.15, 0.2) is 0 Å². The van der Waals surface area contributed by atoms with Crippen LogP contribution in [0.4, 0.5) is 0 Å². The zero-order valence-corrected chi connectivity index (χ0v) is 12.7. The van der Waals surface area contributed by atoms with Gasteiger partial charge in [-0.25, -0.2) is 5.84 Å². The molecule has 5 nitrogen and oxygen atoms in total. The Balaban J connectivity index is 1.87. The van der Waals surface area contributed by atoms with E-state index in [0.29, 0.717) is 0 Å². The molecule has 0 spiro atoms.